The Kier molecular flexibility index (Phi) is 8.92. The van der Waals surface area contributed by atoms with Gasteiger partial charge < -0.3 is 9.67 Å². The van der Waals surface area contributed by atoms with Crippen LogP contribution in [0.5, 0.6) is 0 Å². The summed E-state index contributed by atoms with van der Waals surface area (Å²) in [6.07, 6.45) is 11.1. The Morgan fingerprint density at radius 2 is 1.43 bits per heavy atom. The second-order valence-electron chi connectivity index (χ2n) is 11.5. The van der Waals surface area contributed by atoms with Gasteiger partial charge in [-0.15, -0.1) is 45.3 Å². The summed E-state index contributed by atoms with van der Waals surface area (Å²) in [6, 6.07) is 28.5. The molecule has 8 heteroatoms. The molecule has 0 unspecified atom stereocenters. The molecule has 0 spiro atoms. The van der Waals surface area contributed by atoms with Crippen molar-refractivity contribution in [2.24, 2.45) is 0 Å². The molecule has 0 fully saturated rings. The average molecular weight is 677 g/mol. The van der Waals surface area contributed by atoms with E-state index in [1.54, 1.807) is 17.4 Å². The predicted octanol–water partition coefficient (Wildman–Crippen LogP) is 11.9. The predicted molar refractivity (Wildman–Crippen MR) is 199 cm³/mol. The summed E-state index contributed by atoms with van der Waals surface area (Å²) < 4.78 is 7.25. The third-order valence-corrected chi connectivity index (χ3v) is 13.1. The first-order chi connectivity index (χ1) is 22.5. The number of hydrogen-bond acceptors (Lipinski definition) is 6. The summed E-state index contributed by atoms with van der Waals surface area (Å²) in [5.74, 6) is -1.20. The summed E-state index contributed by atoms with van der Waals surface area (Å²) in [5.41, 5.74) is 3.88. The van der Waals surface area contributed by atoms with Crippen LogP contribution in [0.15, 0.2) is 84.6 Å². The molecule has 4 nitrogen and oxygen atoms in total. The van der Waals surface area contributed by atoms with Crippen molar-refractivity contribution < 1.29 is 9.90 Å². The minimum atomic E-state index is -1.20. The number of carbonyl (C=O) groups is 1. The molecule has 5 heterocycles. The fourth-order valence-electron chi connectivity index (χ4n) is 5.95. The van der Waals surface area contributed by atoms with E-state index in [0.29, 0.717) is 0 Å². The fourth-order valence-corrected chi connectivity index (χ4v) is 10.8. The largest absolute Gasteiger partial charge is 0.477 e. The van der Waals surface area contributed by atoms with E-state index in [1.165, 1.54) is 101 Å². The first-order valence-electron chi connectivity index (χ1n) is 15.6. The van der Waals surface area contributed by atoms with Gasteiger partial charge in [0.15, 0.2) is 0 Å². The van der Waals surface area contributed by atoms with Crippen molar-refractivity contribution >= 4 is 87.0 Å². The van der Waals surface area contributed by atoms with Gasteiger partial charge in [-0.3, -0.25) is 0 Å². The lowest BCUT2D eigenvalue weighted by atomic mass is 10.0. The van der Waals surface area contributed by atoms with Gasteiger partial charge in [0.1, 0.15) is 11.6 Å². The topological polar surface area (TPSA) is 66.0 Å². The van der Waals surface area contributed by atoms with Gasteiger partial charge in [0, 0.05) is 56.9 Å². The monoisotopic (exact) mass is 676 g/mol. The van der Waals surface area contributed by atoms with Gasteiger partial charge in [0.25, 0.3) is 0 Å². The number of aromatic nitrogens is 1. The number of aliphatic carboxylic acids is 1. The molecular formula is C38H32N2O2S4. The Morgan fingerprint density at radius 1 is 0.804 bits per heavy atom. The van der Waals surface area contributed by atoms with Crippen LogP contribution < -0.4 is 0 Å². The number of carboxylic acid groups (broad SMARTS) is 1. The molecule has 46 heavy (non-hydrogen) atoms. The van der Waals surface area contributed by atoms with E-state index in [2.05, 4.69) is 84.4 Å². The number of carboxylic acids is 1. The van der Waals surface area contributed by atoms with Crippen LogP contribution in [0.1, 0.15) is 48.6 Å². The lowest BCUT2D eigenvalue weighted by Crippen LogP contribution is -2.01. The number of fused-ring (bicyclic) bond motifs is 3. The number of benzene rings is 2. The molecule has 0 aliphatic heterocycles. The Bertz CT molecular complexity index is 2190. The van der Waals surface area contributed by atoms with Gasteiger partial charge in [-0.05, 0) is 60.7 Å². The molecule has 0 aliphatic rings. The summed E-state index contributed by atoms with van der Waals surface area (Å²) in [5, 5.41) is 20.8. The molecule has 0 aliphatic carbocycles. The summed E-state index contributed by atoms with van der Waals surface area (Å²) >= 11 is 6.91. The van der Waals surface area contributed by atoms with Crippen molar-refractivity contribution in [3.05, 3.63) is 101 Å². The number of unbranched alkanes of at least 4 members (excludes halogenated alkanes) is 3. The van der Waals surface area contributed by atoms with E-state index in [9.17, 15) is 9.90 Å². The molecular weight excluding hydrogens is 645 g/mol. The van der Waals surface area contributed by atoms with Gasteiger partial charge in [-0.25, -0.2) is 4.79 Å². The third kappa shape index (κ3) is 6.33. The highest BCUT2D eigenvalue weighted by molar-refractivity contribution is 7.34. The van der Waals surface area contributed by atoms with Gasteiger partial charge in [-0.2, -0.15) is 5.26 Å². The lowest BCUT2D eigenvalue weighted by molar-refractivity contribution is -0.132. The Morgan fingerprint density at radius 3 is 2.11 bits per heavy atom. The van der Waals surface area contributed by atoms with Crippen LogP contribution in [0.25, 0.3) is 56.0 Å². The van der Waals surface area contributed by atoms with Crippen molar-refractivity contribution in [3.63, 3.8) is 0 Å². The van der Waals surface area contributed by atoms with E-state index in [-0.39, 0.29) is 5.57 Å². The maximum absolute atomic E-state index is 11.2. The smallest absolute Gasteiger partial charge is 0.346 e. The second-order valence-corrected chi connectivity index (χ2v) is 15.9. The minimum absolute atomic E-state index is 0.246. The van der Waals surface area contributed by atoms with E-state index in [0.717, 1.165) is 27.2 Å². The van der Waals surface area contributed by atoms with E-state index < -0.39 is 5.97 Å². The molecule has 0 amide bonds. The molecule has 230 valence electrons. The first kappa shape index (κ1) is 30.6. The Balaban J connectivity index is 1.12. The number of nitrogens with zero attached hydrogens (tertiary/aromatic N) is 2. The molecule has 0 saturated heterocycles. The van der Waals surface area contributed by atoms with Gasteiger partial charge in [0.2, 0.25) is 0 Å². The number of aryl methyl sites for hydroxylation is 3. The molecule has 5 aromatic heterocycles. The zero-order valence-corrected chi connectivity index (χ0v) is 28.7. The SMILES string of the molecule is CCCCCCc1ccc(CCn2cc3ccccc3c2-c2cc3sc(-c4cc5sc(/C=C(\C#N)C(=O)O)cc5s4)cc3s2)cc1. The van der Waals surface area contributed by atoms with Gasteiger partial charge in [-0.1, -0.05) is 74.7 Å². The van der Waals surface area contributed by atoms with Crippen LogP contribution in [0, 0.1) is 11.3 Å². The van der Waals surface area contributed by atoms with Crippen molar-refractivity contribution in [1.82, 2.24) is 4.57 Å². The zero-order chi connectivity index (χ0) is 31.6. The van der Waals surface area contributed by atoms with Crippen LogP contribution >= 0.6 is 45.3 Å². The van der Waals surface area contributed by atoms with Crippen LogP contribution in [-0.2, 0) is 24.2 Å². The maximum atomic E-state index is 11.2. The molecule has 7 aromatic rings. The van der Waals surface area contributed by atoms with Crippen molar-refractivity contribution in [1.29, 1.82) is 5.26 Å². The first-order valence-corrected chi connectivity index (χ1v) is 18.8. The highest BCUT2D eigenvalue weighted by atomic mass is 32.1. The molecule has 7 rings (SSSR count). The minimum Gasteiger partial charge on any atom is -0.477 e. The fraction of sp³-hybridized carbons (Fsp3) is 0.211. The molecule has 0 radical (unpaired) electrons. The lowest BCUT2D eigenvalue weighted by Gasteiger charge is -2.09. The second kappa shape index (κ2) is 13.4. The third-order valence-electron chi connectivity index (χ3n) is 8.33. The zero-order valence-electron chi connectivity index (χ0n) is 25.4. The Hall–Kier alpha value is -4.00. The quantitative estimate of drug-likeness (QED) is 0.0796. The van der Waals surface area contributed by atoms with Gasteiger partial charge >= 0.3 is 5.97 Å². The highest BCUT2D eigenvalue weighted by Gasteiger charge is 2.18. The summed E-state index contributed by atoms with van der Waals surface area (Å²) in [4.78, 5) is 15.8. The molecule has 2 aromatic carbocycles. The van der Waals surface area contributed by atoms with E-state index >= 15 is 0 Å². The van der Waals surface area contributed by atoms with Crippen LogP contribution in [-0.4, -0.2) is 15.6 Å². The Labute approximate surface area is 284 Å². The number of rotatable bonds is 12. The normalized spacial score (nSPS) is 12.0. The maximum Gasteiger partial charge on any atom is 0.346 e. The molecule has 0 atom stereocenters. The highest BCUT2D eigenvalue weighted by Crippen LogP contribution is 2.47. The van der Waals surface area contributed by atoms with Crippen molar-refractivity contribution in [2.75, 3.05) is 0 Å². The van der Waals surface area contributed by atoms with Crippen LogP contribution in [0.2, 0.25) is 0 Å². The molecule has 0 bridgehead atoms. The summed E-state index contributed by atoms with van der Waals surface area (Å²) in [6.45, 7) is 3.19. The van der Waals surface area contributed by atoms with E-state index in [4.69, 9.17) is 5.26 Å². The van der Waals surface area contributed by atoms with Crippen molar-refractivity contribution in [3.8, 4) is 26.4 Å². The standard InChI is InChI=1S/C38H32N2O2S4/c1-2-3-4-5-8-24-11-13-25(14-12-24)15-16-40-23-26-9-6-7-10-29(26)37(40)36-21-35-34(46-36)20-33(45-35)32-19-31-30(44-32)18-28(43-31)17-27(22-39)38(41)42/h6-7,9-14,17-21,23H,2-5,8,15-16H2,1H3,(H,41,42)/b27-17+. The van der Waals surface area contributed by atoms with Crippen molar-refractivity contribution in [2.45, 2.75) is 52.0 Å². The van der Waals surface area contributed by atoms with Crippen LogP contribution in [0.4, 0.5) is 0 Å². The average Bonchev–Trinajstić information content (AvgIpc) is 3.86. The van der Waals surface area contributed by atoms with E-state index in [1.807, 2.05) is 28.7 Å². The van der Waals surface area contributed by atoms with Gasteiger partial charge in [0.05, 0.1) is 10.6 Å². The summed E-state index contributed by atoms with van der Waals surface area (Å²) in [7, 11) is 0. The number of hydrogen-bond donors (Lipinski definition) is 1. The molecule has 0 saturated carbocycles. The van der Waals surface area contributed by atoms with Crippen LogP contribution in [0.3, 0.4) is 0 Å². The number of thiophene rings is 4. The molecule has 1 N–H and O–H groups in total. The number of nitriles is 1.